The first kappa shape index (κ1) is 20.4. The van der Waals surface area contributed by atoms with E-state index >= 15 is 0 Å². The lowest BCUT2D eigenvalue weighted by Gasteiger charge is -2.09. The van der Waals surface area contributed by atoms with Crippen molar-refractivity contribution < 1.29 is 19.1 Å². The van der Waals surface area contributed by atoms with Crippen LogP contribution in [0.5, 0.6) is 11.5 Å². The molecular weight excluding hydrogens is 368 g/mol. The van der Waals surface area contributed by atoms with E-state index in [4.69, 9.17) is 15.2 Å². The highest BCUT2D eigenvalue weighted by Crippen LogP contribution is 2.28. The maximum Gasteiger partial charge on any atom is 0.255 e. The van der Waals surface area contributed by atoms with E-state index in [1.165, 1.54) is 24.5 Å². The fraction of sp³-hybridized carbons (Fsp3) is 0.333. The van der Waals surface area contributed by atoms with Crippen LogP contribution in [0.3, 0.4) is 0 Å². The zero-order valence-corrected chi connectivity index (χ0v) is 16.2. The number of hydrogen-bond donors (Lipinski definition) is 2. The number of ether oxygens (including phenoxy) is 2. The van der Waals surface area contributed by atoms with Gasteiger partial charge in [-0.3, -0.25) is 14.9 Å². The van der Waals surface area contributed by atoms with Crippen molar-refractivity contribution in [2.45, 2.75) is 20.3 Å². The smallest absolute Gasteiger partial charge is 0.255 e. The minimum atomic E-state index is -0.578. The Morgan fingerprint density at radius 3 is 2.74 bits per heavy atom. The van der Waals surface area contributed by atoms with Crippen molar-refractivity contribution >= 4 is 34.4 Å². The molecule has 2 aromatic rings. The summed E-state index contributed by atoms with van der Waals surface area (Å²) in [4.78, 5) is 22.9. The van der Waals surface area contributed by atoms with Crippen LogP contribution in [0.4, 0.5) is 5.13 Å². The third-order valence-electron chi connectivity index (χ3n) is 3.26. The monoisotopic (exact) mass is 390 g/mol. The number of amides is 2. The molecule has 0 saturated carbocycles. The average molecular weight is 390 g/mol. The van der Waals surface area contributed by atoms with Crippen LogP contribution in [-0.4, -0.2) is 35.7 Å². The van der Waals surface area contributed by atoms with E-state index in [9.17, 15) is 9.59 Å². The summed E-state index contributed by atoms with van der Waals surface area (Å²) in [5.74, 6) is 0.415. The normalized spacial score (nSPS) is 11.0. The highest BCUT2D eigenvalue weighted by molar-refractivity contribution is 7.15. The molecule has 8 nitrogen and oxygen atoms in total. The molecule has 0 aliphatic heterocycles. The number of carbonyl (C=O) groups is 2. The van der Waals surface area contributed by atoms with Crippen LogP contribution in [0, 0.1) is 5.92 Å². The second kappa shape index (κ2) is 9.67. The summed E-state index contributed by atoms with van der Waals surface area (Å²) in [6, 6.07) is 5.06. The number of carbonyl (C=O) groups excluding carboxylic acids is 2. The number of hydrogen-bond acceptors (Lipinski definition) is 7. The van der Waals surface area contributed by atoms with Gasteiger partial charge in [0.1, 0.15) is 5.01 Å². The quantitative estimate of drug-likeness (QED) is 0.635. The van der Waals surface area contributed by atoms with Gasteiger partial charge in [-0.15, -0.1) is 10.2 Å². The van der Waals surface area contributed by atoms with E-state index in [1.54, 1.807) is 24.3 Å². The summed E-state index contributed by atoms with van der Waals surface area (Å²) >= 11 is 1.36. The molecule has 9 heteroatoms. The van der Waals surface area contributed by atoms with E-state index in [2.05, 4.69) is 29.4 Å². The van der Waals surface area contributed by atoms with Gasteiger partial charge in [0.25, 0.3) is 5.91 Å². The lowest BCUT2D eigenvalue weighted by Crippen LogP contribution is -2.20. The van der Waals surface area contributed by atoms with Crippen LogP contribution in [0.15, 0.2) is 24.3 Å². The van der Waals surface area contributed by atoms with E-state index in [1.807, 2.05) is 0 Å². The molecule has 27 heavy (non-hydrogen) atoms. The average Bonchev–Trinajstić information content (AvgIpc) is 3.04. The second-order valence-electron chi connectivity index (χ2n) is 6.09. The molecule has 0 radical (unpaired) electrons. The van der Waals surface area contributed by atoms with Gasteiger partial charge in [0.2, 0.25) is 11.0 Å². The fourth-order valence-electron chi connectivity index (χ4n) is 2.11. The van der Waals surface area contributed by atoms with E-state index in [0.29, 0.717) is 22.5 Å². The molecule has 0 spiro atoms. The van der Waals surface area contributed by atoms with Crippen LogP contribution >= 0.6 is 11.3 Å². The van der Waals surface area contributed by atoms with Crippen LogP contribution in [0.1, 0.15) is 24.4 Å². The Morgan fingerprint density at radius 1 is 1.30 bits per heavy atom. The van der Waals surface area contributed by atoms with Gasteiger partial charge in [-0.05, 0) is 29.7 Å². The Hall–Kier alpha value is -2.94. The van der Waals surface area contributed by atoms with Crippen molar-refractivity contribution in [2.24, 2.45) is 11.7 Å². The van der Waals surface area contributed by atoms with E-state index in [-0.39, 0.29) is 12.5 Å². The molecule has 1 heterocycles. The van der Waals surface area contributed by atoms with E-state index < -0.39 is 5.91 Å². The van der Waals surface area contributed by atoms with Crippen LogP contribution in [-0.2, 0) is 16.0 Å². The number of nitrogens with two attached hydrogens (primary N) is 1. The number of rotatable bonds is 9. The summed E-state index contributed by atoms with van der Waals surface area (Å²) in [5, 5.41) is 12.1. The van der Waals surface area contributed by atoms with Crippen molar-refractivity contribution in [3.8, 4) is 11.5 Å². The molecule has 1 aromatic carbocycles. The number of nitrogens with one attached hydrogen (secondary N) is 1. The van der Waals surface area contributed by atoms with Crippen molar-refractivity contribution in [1.82, 2.24) is 10.2 Å². The zero-order chi connectivity index (χ0) is 19.8. The lowest BCUT2D eigenvalue weighted by molar-refractivity contribution is -0.120. The Balaban J connectivity index is 1.98. The second-order valence-corrected chi connectivity index (χ2v) is 7.15. The molecule has 0 bridgehead atoms. The van der Waals surface area contributed by atoms with Crippen molar-refractivity contribution in [2.75, 3.05) is 19.0 Å². The standard InChI is InChI=1S/C18H22N4O4S/c1-11(2)8-17-21-22-18(27-17)20-16(24)7-5-12-4-6-13(14(9-12)25-3)26-10-15(19)23/h4-7,9,11H,8,10H2,1-3H3,(H2,19,23)(H,20,22,24)/b7-5+. The number of nitrogens with zero attached hydrogens (tertiary/aromatic N) is 2. The summed E-state index contributed by atoms with van der Waals surface area (Å²) in [7, 11) is 1.48. The van der Waals surface area contributed by atoms with Crippen molar-refractivity contribution in [1.29, 1.82) is 0 Å². The van der Waals surface area contributed by atoms with Gasteiger partial charge in [-0.2, -0.15) is 0 Å². The molecule has 0 atom stereocenters. The fourth-order valence-corrected chi connectivity index (χ4v) is 3.07. The molecule has 0 fully saturated rings. The predicted octanol–water partition coefficient (Wildman–Crippen LogP) is 2.26. The maximum absolute atomic E-state index is 12.0. The molecule has 0 saturated heterocycles. The van der Waals surface area contributed by atoms with Gasteiger partial charge in [-0.25, -0.2) is 0 Å². The van der Waals surface area contributed by atoms with E-state index in [0.717, 1.165) is 17.0 Å². The number of primary amides is 1. The molecule has 0 unspecified atom stereocenters. The molecule has 2 rings (SSSR count). The largest absolute Gasteiger partial charge is 0.493 e. The Labute approximate surface area is 161 Å². The third-order valence-corrected chi connectivity index (χ3v) is 4.13. The number of anilines is 1. The highest BCUT2D eigenvalue weighted by Gasteiger charge is 2.09. The first-order chi connectivity index (χ1) is 12.9. The summed E-state index contributed by atoms with van der Waals surface area (Å²) in [6.07, 6.45) is 3.85. The topological polar surface area (TPSA) is 116 Å². The zero-order valence-electron chi connectivity index (χ0n) is 15.4. The lowest BCUT2D eigenvalue weighted by atomic mass is 10.1. The van der Waals surface area contributed by atoms with Gasteiger partial charge in [-0.1, -0.05) is 31.3 Å². The number of benzene rings is 1. The minimum absolute atomic E-state index is 0.241. The van der Waals surface area contributed by atoms with Gasteiger partial charge in [0, 0.05) is 12.5 Å². The molecule has 0 aliphatic rings. The maximum atomic E-state index is 12.0. The Kier molecular flexibility index (Phi) is 7.30. The van der Waals surface area contributed by atoms with Gasteiger partial charge >= 0.3 is 0 Å². The van der Waals surface area contributed by atoms with Crippen molar-refractivity contribution in [3.63, 3.8) is 0 Å². The molecule has 2 amide bonds. The summed E-state index contributed by atoms with van der Waals surface area (Å²) in [6.45, 7) is 3.95. The van der Waals surface area contributed by atoms with Crippen molar-refractivity contribution in [3.05, 3.63) is 34.8 Å². The highest BCUT2D eigenvalue weighted by atomic mass is 32.1. The van der Waals surface area contributed by atoms with Crippen LogP contribution < -0.4 is 20.5 Å². The molecule has 1 aromatic heterocycles. The molecule has 144 valence electrons. The Morgan fingerprint density at radius 2 is 2.07 bits per heavy atom. The minimum Gasteiger partial charge on any atom is -0.493 e. The first-order valence-corrected chi connectivity index (χ1v) is 9.09. The van der Waals surface area contributed by atoms with Crippen LogP contribution in [0.2, 0.25) is 0 Å². The number of methoxy groups -OCH3 is 1. The molecule has 3 N–H and O–H groups in total. The number of aromatic nitrogens is 2. The molecule has 0 aliphatic carbocycles. The Bertz CT molecular complexity index is 833. The van der Waals surface area contributed by atoms with Gasteiger partial charge < -0.3 is 15.2 Å². The summed E-state index contributed by atoms with van der Waals surface area (Å²) < 4.78 is 10.5. The molecular formula is C18H22N4O4S. The predicted molar refractivity (Wildman–Crippen MR) is 104 cm³/mol. The summed E-state index contributed by atoms with van der Waals surface area (Å²) in [5.41, 5.74) is 5.79. The SMILES string of the molecule is COc1cc(/C=C/C(=O)Nc2nnc(CC(C)C)s2)ccc1OCC(N)=O. The van der Waals surface area contributed by atoms with Crippen LogP contribution in [0.25, 0.3) is 6.08 Å². The first-order valence-electron chi connectivity index (χ1n) is 8.28. The van der Waals surface area contributed by atoms with Gasteiger partial charge in [0.05, 0.1) is 7.11 Å². The van der Waals surface area contributed by atoms with Gasteiger partial charge in [0.15, 0.2) is 18.1 Å². The third kappa shape index (κ3) is 6.70.